The Morgan fingerprint density at radius 2 is 2.08 bits per heavy atom. The molecule has 0 unspecified atom stereocenters. The first-order valence-corrected chi connectivity index (χ1v) is 9.71. The van der Waals surface area contributed by atoms with Crippen molar-refractivity contribution in [3.63, 3.8) is 0 Å². The number of thioether (sulfide) groups is 1. The number of aryl methyl sites for hydroxylation is 1. The van der Waals surface area contributed by atoms with Crippen LogP contribution in [0.2, 0.25) is 0 Å². The molecule has 2 aromatic rings. The molecule has 0 spiro atoms. The normalized spacial score (nSPS) is 15.9. The lowest BCUT2D eigenvalue weighted by Gasteiger charge is -2.15. The molecule has 1 aromatic carbocycles. The number of hydrogen-bond acceptors (Lipinski definition) is 5. The summed E-state index contributed by atoms with van der Waals surface area (Å²) < 4.78 is 0.406. The van der Waals surface area contributed by atoms with Gasteiger partial charge in [0.1, 0.15) is 10.9 Å². The van der Waals surface area contributed by atoms with Crippen LogP contribution < -0.4 is 5.32 Å². The number of amides is 2. The average Bonchev–Trinajstić information content (AvgIpc) is 3.16. The molecule has 0 aliphatic carbocycles. The van der Waals surface area contributed by atoms with Crippen LogP contribution in [-0.4, -0.2) is 27.6 Å². The maximum Gasteiger partial charge on any atom is 0.266 e. The first-order chi connectivity index (χ1) is 12.0. The molecule has 1 fully saturated rings. The molecule has 0 radical (unpaired) electrons. The van der Waals surface area contributed by atoms with E-state index in [2.05, 4.69) is 5.32 Å². The minimum absolute atomic E-state index is 0.0835. The molecule has 2 heterocycles. The second-order valence-electron chi connectivity index (χ2n) is 5.58. The molecular weight excluding hydrogens is 372 g/mol. The van der Waals surface area contributed by atoms with Crippen LogP contribution in [0.4, 0.5) is 5.69 Å². The lowest BCUT2D eigenvalue weighted by Crippen LogP contribution is -2.36. The van der Waals surface area contributed by atoms with Crippen molar-refractivity contribution >= 4 is 63.2 Å². The van der Waals surface area contributed by atoms with Gasteiger partial charge >= 0.3 is 0 Å². The van der Waals surface area contributed by atoms with Crippen LogP contribution in [0.5, 0.6) is 0 Å². The molecule has 1 saturated heterocycles. The summed E-state index contributed by atoms with van der Waals surface area (Å²) in [6.07, 6.45) is 1.81. The van der Waals surface area contributed by atoms with Crippen LogP contribution in [-0.2, 0) is 9.59 Å². The third-order valence-corrected chi connectivity index (χ3v) is 6.07. The number of anilines is 1. The van der Waals surface area contributed by atoms with Crippen molar-refractivity contribution in [1.82, 2.24) is 4.90 Å². The molecule has 1 aromatic heterocycles. The summed E-state index contributed by atoms with van der Waals surface area (Å²) in [5, 5.41) is 4.81. The van der Waals surface area contributed by atoms with E-state index in [0.717, 1.165) is 21.7 Å². The number of thiocarbonyl (C=S) groups is 1. The van der Waals surface area contributed by atoms with E-state index in [9.17, 15) is 9.59 Å². The molecule has 3 rings (SSSR count). The second-order valence-corrected chi connectivity index (χ2v) is 8.23. The van der Waals surface area contributed by atoms with Gasteiger partial charge in [0.15, 0.2) is 0 Å². The molecule has 2 amide bonds. The van der Waals surface area contributed by atoms with Gasteiger partial charge in [-0.15, -0.1) is 11.3 Å². The van der Waals surface area contributed by atoms with Crippen molar-refractivity contribution < 1.29 is 9.59 Å². The Morgan fingerprint density at radius 1 is 1.28 bits per heavy atom. The maximum absolute atomic E-state index is 12.5. The lowest BCUT2D eigenvalue weighted by atomic mass is 10.1. The van der Waals surface area contributed by atoms with Gasteiger partial charge in [-0.25, -0.2) is 0 Å². The molecule has 128 valence electrons. The van der Waals surface area contributed by atoms with Gasteiger partial charge in [-0.3, -0.25) is 14.5 Å². The summed E-state index contributed by atoms with van der Waals surface area (Å²) in [5.74, 6) is -0.484. The van der Waals surface area contributed by atoms with Crippen molar-refractivity contribution in [1.29, 1.82) is 0 Å². The maximum atomic E-state index is 12.5. The Morgan fingerprint density at radius 3 is 2.80 bits per heavy atom. The average molecular weight is 389 g/mol. The number of carbonyl (C=O) groups excluding carboxylic acids is 2. The van der Waals surface area contributed by atoms with Crippen LogP contribution in [0.15, 0.2) is 40.6 Å². The fourth-order valence-corrected chi connectivity index (χ4v) is 4.34. The summed E-state index contributed by atoms with van der Waals surface area (Å²) >= 11 is 8.05. The van der Waals surface area contributed by atoms with E-state index in [-0.39, 0.29) is 18.4 Å². The minimum Gasteiger partial charge on any atom is -0.324 e. The van der Waals surface area contributed by atoms with Gasteiger partial charge < -0.3 is 5.32 Å². The summed E-state index contributed by atoms with van der Waals surface area (Å²) in [6, 6.07) is 9.59. The zero-order chi connectivity index (χ0) is 18.0. The number of hydrogen-bond donors (Lipinski definition) is 1. The summed E-state index contributed by atoms with van der Waals surface area (Å²) in [4.78, 5) is 27.8. The third kappa shape index (κ3) is 4.00. The van der Waals surface area contributed by atoms with Crippen LogP contribution in [0.3, 0.4) is 0 Å². The lowest BCUT2D eigenvalue weighted by molar-refractivity contribution is -0.126. The summed E-state index contributed by atoms with van der Waals surface area (Å²) in [6.45, 7) is 3.86. The number of nitrogens with zero attached hydrogens (tertiary/aromatic N) is 1. The van der Waals surface area contributed by atoms with E-state index in [1.165, 1.54) is 16.7 Å². The zero-order valence-electron chi connectivity index (χ0n) is 13.7. The highest BCUT2D eigenvalue weighted by molar-refractivity contribution is 8.26. The fraction of sp³-hybridized carbons (Fsp3) is 0.167. The van der Waals surface area contributed by atoms with Crippen molar-refractivity contribution in [2.45, 2.75) is 13.8 Å². The smallest absolute Gasteiger partial charge is 0.266 e. The van der Waals surface area contributed by atoms with Crippen molar-refractivity contribution in [2.24, 2.45) is 0 Å². The summed E-state index contributed by atoms with van der Waals surface area (Å²) in [7, 11) is 0. The quantitative estimate of drug-likeness (QED) is 0.630. The van der Waals surface area contributed by atoms with Gasteiger partial charge in [-0.2, -0.15) is 0 Å². The predicted molar refractivity (Wildman–Crippen MR) is 109 cm³/mol. The van der Waals surface area contributed by atoms with Crippen LogP contribution in [0, 0.1) is 13.8 Å². The molecule has 4 nitrogen and oxygen atoms in total. The van der Waals surface area contributed by atoms with Gasteiger partial charge in [0.05, 0.1) is 4.91 Å². The van der Waals surface area contributed by atoms with Gasteiger partial charge in [0, 0.05) is 10.6 Å². The van der Waals surface area contributed by atoms with E-state index in [1.807, 2.05) is 55.6 Å². The first kappa shape index (κ1) is 17.8. The number of rotatable bonds is 4. The molecule has 7 heteroatoms. The monoisotopic (exact) mass is 388 g/mol. The Balaban J connectivity index is 1.70. The molecule has 25 heavy (non-hydrogen) atoms. The first-order valence-electron chi connectivity index (χ1n) is 7.60. The molecule has 0 atom stereocenters. The number of carbonyl (C=O) groups is 2. The standard InChI is InChI=1S/C18H16N2O2S3/c1-11-5-3-7-14(12(11)2)19-16(21)10-20-17(22)15(25-18(20)23)9-13-6-4-8-24-13/h3-9H,10H2,1-2H3,(H,19,21)/b15-9+. The van der Waals surface area contributed by atoms with Gasteiger partial charge in [0.2, 0.25) is 5.91 Å². The molecule has 1 N–H and O–H groups in total. The van der Waals surface area contributed by atoms with Crippen molar-refractivity contribution in [3.05, 3.63) is 56.6 Å². The molecule has 1 aliphatic heterocycles. The molecular formula is C18H16N2O2S3. The topological polar surface area (TPSA) is 49.4 Å². The Kier molecular flexibility index (Phi) is 5.36. The molecule has 0 bridgehead atoms. The van der Waals surface area contributed by atoms with Crippen molar-refractivity contribution in [2.75, 3.05) is 11.9 Å². The minimum atomic E-state index is -0.262. The van der Waals surface area contributed by atoms with Crippen LogP contribution >= 0.6 is 35.3 Å². The van der Waals surface area contributed by atoms with E-state index in [4.69, 9.17) is 12.2 Å². The van der Waals surface area contributed by atoms with E-state index >= 15 is 0 Å². The molecule has 1 aliphatic rings. The third-order valence-electron chi connectivity index (χ3n) is 3.87. The Hall–Kier alpha value is -1.96. The second kappa shape index (κ2) is 7.51. The van der Waals surface area contributed by atoms with E-state index in [0.29, 0.717) is 9.23 Å². The zero-order valence-corrected chi connectivity index (χ0v) is 16.2. The van der Waals surface area contributed by atoms with Gasteiger partial charge in [-0.05, 0) is 48.6 Å². The summed E-state index contributed by atoms with van der Waals surface area (Å²) in [5.41, 5.74) is 2.87. The number of benzene rings is 1. The highest BCUT2D eigenvalue weighted by Crippen LogP contribution is 2.33. The fourth-order valence-electron chi connectivity index (χ4n) is 2.36. The molecule has 0 saturated carbocycles. The highest BCUT2D eigenvalue weighted by Gasteiger charge is 2.33. The van der Waals surface area contributed by atoms with Gasteiger partial charge in [-0.1, -0.05) is 42.2 Å². The Labute approximate surface area is 159 Å². The van der Waals surface area contributed by atoms with Crippen LogP contribution in [0.25, 0.3) is 6.08 Å². The number of nitrogens with one attached hydrogen (secondary N) is 1. The SMILES string of the molecule is Cc1cccc(NC(=O)CN2C(=O)/C(=C\c3cccs3)SC2=S)c1C. The predicted octanol–water partition coefficient (Wildman–Crippen LogP) is 4.20. The highest BCUT2D eigenvalue weighted by atomic mass is 32.2. The van der Waals surface area contributed by atoms with Crippen LogP contribution in [0.1, 0.15) is 16.0 Å². The number of thiophene rings is 1. The van der Waals surface area contributed by atoms with E-state index in [1.54, 1.807) is 11.3 Å². The van der Waals surface area contributed by atoms with Gasteiger partial charge in [0.25, 0.3) is 5.91 Å². The largest absolute Gasteiger partial charge is 0.324 e. The van der Waals surface area contributed by atoms with Crippen molar-refractivity contribution in [3.8, 4) is 0 Å². The van der Waals surface area contributed by atoms with E-state index < -0.39 is 0 Å². The Bertz CT molecular complexity index is 872.